The van der Waals surface area contributed by atoms with Crippen LogP contribution in [0.15, 0.2) is 85.2 Å². The van der Waals surface area contributed by atoms with Gasteiger partial charge in [0, 0.05) is 54.6 Å². The molecule has 39 heavy (non-hydrogen) atoms. The maximum absolute atomic E-state index is 13.6. The van der Waals surface area contributed by atoms with Gasteiger partial charge in [-0.1, -0.05) is 42.0 Å². The van der Waals surface area contributed by atoms with Gasteiger partial charge in [0.2, 0.25) is 12.1 Å². The van der Waals surface area contributed by atoms with E-state index in [0.717, 1.165) is 16.7 Å². The quantitative estimate of drug-likeness (QED) is 0.287. The van der Waals surface area contributed by atoms with Crippen LogP contribution in [-0.4, -0.2) is 42.0 Å². The Hall–Kier alpha value is -5.25. The van der Waals surface area contributed by atoms with Gasteiger partial charge in [-0.2, -0.15) is 0 Å². The van der Waals surface area contributed by atoms with Crippen molar-refractivity contribution in [2.24, 2.45) is 5.73 Å². The minimum Gasteiger partial charge on any atom is -0.444 e. The van der Waals surface area contributed by atoms with E-state index in [9.17, 15) is 14.4 Å². The number of rotatable bonds is 8. The van der Waals surface area contributed by atoms with E-state index >= 15 is 0 Å². The van der Waals surface area contributed by atoms with E-state index in [4.69, 9.17) is 10.5 Å². The third kappa shape index (κ3) is 6.75. The molecule has 0 aliphatic rings. The van der Waals surface area contributed by atoms with Crippen LogP contribution < -0.4 is 21.3 Å². The lowest BCUT2D eigenvalue weighted by atomic mass is 10.0. The molecule has 4 N–H and O–H groups in total. The summed E-state index contributed by atoms with van der Waals surface area (Å²) in [7, 11) is 3.70. The number of ether oxygens (including phenoxy) is 1. The molecule has 0 bridgehead atoms. The zero-order chi connectivity index (χ0) is 27.9. The highest BCUT2D eigenvalue weighted by Crippen LogP contribution is 2.30. The Morgan fingerprint density at radius 2 is 1.56 bits per heavy atom. The van der Waals surface area contributed by atoms with E-state index in [1.165, 1.54) is 24.3 Å². The molecule has 0 saturated carbocycles. The number of benzene rings is 3. The van der Waals surface area contributed by atoms with Gasteiger partial charge in [0.15, 0.2) is 0 Å². The average Bonchev–Trinajstić information content (AvgIpc) is 2.93. The summed E-state index contributed by atoms with van der Waals surface area (Å²) in [5.41, 5.74) is 9.21. The molecule has 4 rings (SSSR count). The number of carbonyl (C=O) groups excluding carboxylic acids is 3. The molecule has 0 saturated heterocycles. The Balaban J connectivity index is 1.61. The smallest absolute Gasteiger partial charge is 0.339 e. The Morgan fingerprint density at radius 1 is 0.897 bits per heavy atom. The van der Waals surface area contributed by atoms with Crippen LogP contribution in [0.1, 0.15) is 27.6 Å². The number of urea groups is 1. The number of nitrogens with one attached hydrogen (secondary N) is 2. The minimum atomic E-state index is -1.23. The number of amides is 3. The third-order valence-electron chi connectivity index (χ3n) is 5.74. The van der Waals surface area contributed by atoms with Gasteiger partial charge < -0.3 is 26.0 Å². The molecule has 1 atom stereocenters. The zero-order valence-corrected chi connectivity index (χ0v) is 21.7. The number of anilines is 3. The Morgan fingerprint density at radius 3 is 2.18 bits per heavy atom. The summed E-state index contributed by atoms with van der Waals surface area (Å²) in [6, 6.07) is 19.6. The van der Waals surface area contributed by atoms with Crippen molar-refractivity contribution in [1.82, 2.24) is 9.97 Å². The Kier molecular flexibility index (Phi) is 8.15. The summed E-state index contributed by atoms with van der Waals surface area (Å²) in [6.45, 7) is 1.95. The molecule has 1 unspecified atom stereocenters. The summed E-state index contributed by atoms with van der Waals surface area (Å²) in [5, 5.41) is 5.34. The lowest BCUT2D eigenvalue weighted by molar-refractivity contribution is -0.125. The van der Waals surface area contributed by atoms with Gasteiger partial charge in [0.25, 0.3) is 5.91 Å². The van der Waals surface area contributed by atoms with E-state index in [-0.39, 0.29) is 5.56 Å². The number of primary amides is 1. The van der Waals surface area contributed by atoms with Gasteiger partial charge in [-0.3, -0.25) is 4.79 Å². The fraction of sp³-hybridized carbons (Fsp3) is 0.138. The second-order valence-corrected chi connectivity index (χ2v) is 8.97. The van der Waals surface area contributed by atoms with E-state index in [2.05, 4.69) is 20.6 Å². The van der Waals surface area contributed by atoms with Crippen molar-refractivity contribution in [2.75, 3.05) is 29.6 Å². The third-order valence-corrected chi connectivity index (χ3v) is 5.74. The maximum atomic E-state index is 13.6. The monoisotopic (exact) mass is 524 g/mol. The second kappa shape index (κ2) is 11.9. The number of nitrogens with zero attached hydrogens (tertiary/aromatic N) is 3. The molecule has 198 valence electrons. The fourth-order valence-electron chi connectivity index (χ4n) is 3.80. The molecule has 1 heterocycles. The number of carbonyl (C=O) groups is 3. The van der Waals surface area contributed by atoms with E-state index < -0.39 is 24.0 Å². The molecular formula is C29H28N6O4. The number of esters is 1. The SMILES string of the molecule is Cc1ccc(NC(=O)C(OC(=O)c2ccc(NC(N)=O)cc2)c2ccccc2)c(-c2cnc(N(C)C)nc2)c1. The largest absolute Gasteiger partial charge is 0.444 e. The van der Waals surface area contributed by atoms with Crippen LogP contribution in [0, 0.1) is 6.92 Å². The number of hydrogen-bond acceptors (Lipinski definition) is 7. The van der Waals surface area contributed by atoms with E-state index in [1.807, 2.05) is 33.2 Å². The molecule has 0 radical (unpaired) electrons. The van der Waals surface area contributed by atoms with Gasteiger partial charge in [-0.25, -0.2) is 19.6 Å². The van der Waals surface area contributed by atoms with Gasteiger partial charge >= 0.3 is 12.0 Å². The molecule has 3 aromatic carbocycles. The molecule has 3 amide bonds. The summed E-state index contributed by atoms with van der Waals surface area (Å²) in [4.78, 5) is 48.2. The van der Waals surface area contributed by atoms with Crippen LogP contribution in [0.5, 0.6) is 0 Å². The first-order valence-corrected chi connectivity index (χ1v) is 12.0. The molecule has 0 aliphatic heterocycles. The van der Waals surface area contributed by atoms with Gasteiger partial charge in [0.05, 0.1) is 5.56 Å². The predicted octanol–water partition coefficient (Wildman–Crippen LogP) is 4.55. The van der Waals surface area contributed by atoms with Crippen molar-refractivity contribution in [2.45, 2.75) is 13.0 Å². The van der Waals surface area contributed by atoms with Crippen molar-refractivity contribution in [3.05, 3.63) is 102 Å². The minimum absolute atomic E-state index is 0.202. The number of aryl methyl sites for hydroxylation is 1. The average molecular weight is 525 g/mol. The molecule has 10 nitrogen and oxygen atoms in total. The van der Waals surface area contributed by atoms with Crippen LogP contribution in [0.25, 0.3) is 11.1 Å². The van der Waals surface area contributed by atoms with Crippen LogP contribution >= 0.6 is 0 Å². The first kappa shape index (κ1) is 26.8. The molecule has 0 aliphatic carbocycles. The van der Waals surface area contributed by atoms with Gasteiger partial charge in [-0.15, -0.1) is 0 Å². The van der Waals surface area contributed by atoms with Crippen molar-refractivity contribution < 1.29 is 19.1 Å². The van der Waals surface area contributed by atoms with Gasteiger partial charge in [-0.05, 0) is 43.3 Å². The van der Waals surface area contributed by atoms with Crippen molar-refractivity contribution in [3.8, 4) is 11.1 Å². The Labute approximate surface area is 225 Å². The van der Waals surface area contributed by atoms with Crippen molar-refractivity contribution >= 4 is 35.2 Å². The van der Waals surface area contributed by atoms with Crippen LogP contribution in [0.4, 0.5) is 22.1 Å². The summed E-state index contributed by atoms with van der Waals surface area (Å²) in [5.74, 6) is -0.676. The van der Waals surface area contributed by atoms with E-state index in [1.54, 1.807) is 53.7 Å². The second-order valence-electron chi connectivity index (χ2n) is 8.97. The highest BCUT2D eigenvalue weighted by molar-refractivity contribution is 6.01. The lowest BCUT2D eigenvalue weighted by Gasteiger charge is -2.20. The number of hydrogen-bond donors (Lipinski definition) is 3. The van der Waals surface area contributed by atoms with Gasteiger partial charge in [0.1, 0.15) is 0 Å². The highest BCUT2D eigenvalue weighted by Gasteiger charge is 2.26. The van der Waals surface area contributed by atoms with Crippen LogP contribution in [-0.2, 0) is 9.53 Å². The molecular weight excluding hydrogens is 496 g/mol. The summed E-state index contributed by atoms with van der Waals surface area (Å²) < 4.78 is 5.70. The van der Waals surface area contributed by atoms with Crippen LogP contribution in [0.2, 0.25) is 0 Å². The molecule has 1 aromatic heterocycles. The molecule has 0 spiro atoms. The number of nitrogens with two attached hydrogens (primary N) is 1. The first-order valence-electron chi connectivity index (χ1n) is 12.0. The van der Waals surface area contributed by atoms with Crippen molar-refractivity contribution in [3.63, 3.8) is 0 Å². The first-order chi connectivity index (χ1) is 18.7. The predicted molar refractivity (Wildman–Crippen MR) is 149 cm³/mol. The Bertz CT molecular complexity index is 1470. The molecule has 4 aromatic rings. The van der Waals surface area contributed by atoms with E-state index in [0.29, 0.717) is 22.9 Å². The van der Waals surface area contributed by atoms with Crippen molar-refractivity contribution in [1.29, 1.82) is 0 Å². The molecule has 10 heteroatoms. The molecule has 0 fully saturated rings. The zero-order valence-electron chi connectivity index (χ0n) is 21.7. The number of aromatic nitrogens is 2. The fourth-order valence-corrected chi connectivity index (χ4v) is 3.80. The maximum Gasteiger partial charge on any atom is 0.339 e. The summed E-state index contributed by atoms with van der Waals surface area (Å²) in [6.07, 6.45) is 2.15. The summed E-state index contributed by atoms with van der Waals surface area (Å²) >= 11 is 0. The normalized spacial score (nSPS) is 11.3. The highest BCUT2D eigenvalue weighted by atomic mass is 16.5. The lowest BCUT2D eigenvalue weighted by Crippen LogP contribution is -2.26. The topological polar surface area (TPSA) is 140 Å². The standard InChI is InChI=1S/C29H28N6O4/c1-18-9-14-24(23(15-18)21-16-31-29(32-17-21)35(2)3)34-26(36)25(19-7-5-4-6-8-19)39-27(37)20-10-12-22(13-11-20)33-28(30)38/h4-17,25H,1-3H3,(H,34,36)(H3,30,33,38). The van der Waals surface area contributed by atoms with Crippen LogP contribution in [0.3, 0.4) is 0 Å².